The van der Waals surface area contributed by atoms with Gasteiger partial charge < -0.3 is 5.32 Å². The topological polar surface area (TPSA) is 46.2 Å². The number of carbonyl (C=O) groups is 2. The van der Waals surface area contributed by atoms with E-state index >= 15 is 0 Å². The van der Waals surface area contributed by atoms with Crippen molar-refractivity contribution >= 4 is 33.3 Å². The number of hydrogen-bond donors (Lipinski definition) is 1. The number of benzene rings is 3. The van der Waals surface area contributed by atoms with Gasteiger partial charge in [0.15, 0.2) is 5.78 Å². The fraction of sp³-hybridized carbons (Fsp3) is 0.0476. The molecule has 122 valence electrons. The van der Waals surface area contributed by atoms with Gasteiger partial charge in [0.25, 0.3) is 5.91 Å². The van der Waals surface area contributed by atoms with Crippen molar-refractivity contribution in [1.82, 2.24) is 0 Å². The maximum absolute atomic E-state index is 12.6. The highest BCUT2D eigenvalue weighted by molar-refractivity contribution is 9.10. The number of nitrogens with one attached hydrogen (secondary N) is 1. The highest BCUT2D eigenvalue weighted by Crippen LogP contribution is 2.36. The summed E-state index contributed by atoms with van der Waals surface area (Å²) in [4.78, 5) is 25.2. The largest absolute Gasteiger partial charge is 0.322 e. The standard InChI is InChI=1S/C21H14BrNO2/c1-12-10-14(22)7-9-19(12)23-21(25)13-6-8-16-15-4-2-3-5-17(15)20(24)18(16)11-13/h2-11H,1H3,(H,23,25). The first kappa shape index (κ1) is 15.8. The summed E-state index contributed by atoms with van der Waals surface area (Å²) in [5, 5.41) is 2.91. The Morgan fingerprint density at radius 3 is 2.36 bits per heavy atom. The fourth-order valence-electron chi connectivity index (χ4n) is 3.13. The van der Waals surface area contributed by atoms with Crippen LogP contribution in [0.4, 0.5) is 5.69 Å². The lowest BCUT2D eigenvalue weighted by molar-refractivity contribution is 0.102. The van der Waals surface area contributed by atoms with Gasteiger partial charge >= 0.3 is 0 Å². The van der Waals surface area contributed by atoms with Crippen LogP contribution in [0.5, 0.6) is 0 Å². The van der Waals surface area contributed by atoms with E-state index in [2.05, 4.69) is 21.2 Å². The molecule has 3 aromatic rings. The third-order valence-electron chi connectivity index (χ3n) is 4.42. The fourth-order valence-corrected chi connectivity index (χ4v) is 3.61. The molecule has 0 aliphatic heterocycles. The first-order chi connectivity index (χ1) is 12.0. The zero-order valence-electron chi connectivity index (χ0n) is 13.5. The monoisotopic (exact) mass is 391 g/mol. The van der Waals surface area contributed by atoms with Gasteiger partial charge in [0.2, 0.25) is 0 Å². The third-order valence-corrected chi connectivity index (χ3v) is 4.92. The van der Waals surface area contributed by atoms with Crippen molar-refractivity contribution in [3.05, 3.63) is 87.4 Å². The Hall–Kier alpha value is -2.72. The first-order valence-electron chi connectivity index (χ1n) is 7.90. The van der Waals surface area contributed by atoms with E-state index in [9.17, 15) is 9.59 Å². The van der Waals surface area contributed by atoms with E-state index < -0.39 is 0 Å². The highest BCUT2D eigenvalue weighted by atomic mass is 79.9. The van der Waals surface area contributed by atoms with Crippen molar-refractivity contribution in [3.63, 3.8) is 0 Å². The smallest absolute Gasteiger partial charge is 0.255 e. The van der Waals surface area contributed by atoms with Crippen molar-refractivity contribution < 1.29 is 9.59 Å². The molecule has 0 radical (unpaired) electrons. The molecular formula is C21H14BrNO2. The van der Waals surface area contributed by atoms with Gasteiger partial charge in [-0.3, -0.25) is 9.59 Å². The summed E-state index contributed by atoms with van der Waals surface area (Å²) >= 11 is 3.41. The van der Waals surface area contributed by atoms with E-state index in [0.717, 1.165) is 26.9 Å². The highest BCUT2D eigenvalue weighted by Gasteiger charge is 2.27. The minimum absolute atomic E-state index is 0.0277. The molecule has 0 spiro atoms. The van der Waals surface area contributed by atoms with Crippen LogP contribution in [0.3, 0.4) is 0 Å². The van der Waals surface area contributed by atoms with Gasteiger partial charge in [-0.05, 0) is 53.9 Å². The Morgan fingerprint density at radius 1 is 0.880 bits per heavy atom. The molecule has 0 saturated heterocycles. The molecule has 25 heavy (non-hydrogen) atoms. The lowest BCUT2D eigenvalue weighted by atomic mass is 10.0. The van der Waals surface area contributed by atoms with E-state index in [4.69, 9.17) is 0 Å². The molecule has 0 bridgehead atoms. The quantitative estimate of drug-likeness (QED) is 0.508. The van der Waals surface area contributed by atoms with Crippen molar-refractivity contribution in [1.29, 1.82) is 0 Å². The van der Waals surface area contributed by atoms with Gasteiger partial charge in [0.1, 0.15) is 0 Å². The Labute approximate surface area is 153 Å². The second kappa shape index (κ2) is 5.97. The van der Waals surface area contributed by atoms with E-state index in [0.29, 0.717) is 16.7 Å². The number of aryl methyl sites for hydroxylation is 1. The molecular weight excluding hydrogens is 378 g/mol. The molecule has 0 aromatic heterocycles. The average molecular weight is 392 g/mol. The molecule has 1 amide bonds. The maximum atomic E-state index is 12.6. The van der Waals surface area contributed by atoms with E-state index in [1.807, 2.05) is 55.5 Å². The summed E-state index contributed by atoms with van der Waals surface area (Å²) in [5.74, 6) is -0.253. The zero-order chi connectivity index (χ0) is 17.6. The van der Waals surface area contributed by atoms with Crippen molar-refractivity contribution in [3.8, 4) is 11.1 Å². The second-order valence-corrected chi connectivity index (χ2v) is 6.96. The molecule has 0 fully saturated rings. The molecule has 1 aliphatic rings. The predicted molar refractivity (Wildman–Crippen MR) is 102 cm³/mol. The SMILES string of the molecule is Cc1cc(Br)ccc1NC(=O)c1ccc2c(c1)C(=O)c1ccccc1-2. The molecule has 0 saturated carbocycles. The zero-order valence-corrected chi connectivity index (χ0v) is 15.1. The van der Waals surface area contributed by atoms with Gasteiger partial charge in [-0.2, -0.15) is 0 Å². The number of ketones is 1. The summed E-state index contributed by atoms with van der Waals surface area (Å²) in [5.41, 5.74) is 5.29. The van der Waals surface area contributed by atoms with Crippen LogP contribution in [0.15, 0.2) is 65.1 Å². The predicted octanol–water partition coefficient (Wildman–Crippen LogP) is 5.22. The van der Waals surface area contributed by atoms with Crippen molar-refractivity contribution in [2.24, 2.45) is 0 Å². The number of hydrogen-bond acceptors (Lipinski definition) is 2. The van der Waals surface area contributed by atoms with E-state index in [1.165, 1.54) is 0 Å². The molecule has 0 unspecified atom stereocenters. The summed E-state index contributed by atoms with van der Waals surface area (Å²) in [7, 11) is 0. The minimum atomic E-state index is -0.225. The van der Waals surface area contributed by atoms with Crippen LogP contribution in [0.1, 0.15) is 31.8 Å². The van der Waals surface area contributed by atoms with Crippen molar-refractivity contribution in [2.45, 2.75) is 6.92 Å². The minimum Gasteiger partial charge on any atom is -0.322 e. The first-order valence-corrected chi connectivity index (χ1v) is 8.69. The van der Waals surface area contributed by atoms with Gasteiger partial charge in [0.05, 0.1) is 0 Å². The van der Waals surface area contributed by atoms with Gasteiger partial charge in [0, 0.05) is 26.9 Å². The molecule has 0 heterocycles. The van der Waals surface area contributed by atoms with Crippen molar-refractivity contribution in [2.75, 3.05) is 5.32 Å². The molecule has 3 aromatic carbocycles. The molecule has 1 aliphatic carbocycles. The number of anilines is 1. The number of fused-ring (bicyclic) bond motifs is 3. The number of rotatable bonds is 2. The van der Waals surface area contributed by atoms with Crippen LogP contribution in [-0.2, 0) is 0 Å². The van der Waals surface area contributed by atoms with E-state index in [1.54, 1.807) is 12.1 Å². The second-order valence-electron chi connectivity index (χ2n) is 6.05. The van der Waals surface area contributed by atoms with Crippen LogP contribution in [0, 0.1) is 6.92 Å². The van der Waals surface area contributed by atoms with Crippen LogP contribution in [0.2, 0.25) is 0 Å². The number of halogens is 1. The normalized spacial score (nSPS) is 11.8. The van der Waals surface area contributed by atoms with E-state index in [-0.39, 0.29) is 11.7 Å². The lowest BCUT2D eigenvalue weighted by Crippen LogP contribution is -2.13. The molecule has 4 rings (SSSR count). The molecule has 0 atom stereocenters. The van der Waals surface area contributed by atoms with Crippen LogP contribution >= 0.6 is 15.9 Å². The number of amides is 1. The Balaban J connectivity index is 1.67. The number of carbonyl (C=O) groups excluding carboxylic acids is 2. The van der Waals surface area contributed by atoms with Gasteiger partial charge in [-0.25, -0.2) is 0 Å². The summed E-state index contributed by atoms with van der Waals surface area (Å²) in [6.45, 7) is 1.93. The Bertz CT molecular complexity index is 1040. The molecule has 3 nitrogen and oxygen atoms in total. The molecule has 4 heteroatoms. The third kappa shape index (κ3) is 2.68. The molecule has 1 N–H and O–H groups in total. The average Bonchev–Trinajstić information content (AvgIpc) is 2.90. The summed E-state index contributed by atoms with van der Waals surface area (Å²) in [6.07, 6.45) is 0. The maximum Gasteiger partial charge on any atom is 0.255 e. The Kier molecular flexibility index (Phi) is 3.77. The van der Waals surface area contributed by atoms with Crippen LogP contribution in [-0.4, -0.2) is 11.7 Å². The lowest BCUT2D eigenvalue weighted by Gasteiger charge is -2.09. The van der Waals surface area contributed by atoms with Gasteiger partial charge in [-0.15, -0.1) is 0 Å². The van der Waals surface area contributed by atoms with Gasteiger partial charge in [-0.1, -0.05) is 46.3 Å². The van der Waals surface area contributed by atoms with Crippen LogP contribution < -0.4 is 5.32 Å². The summed E-state index contributed by atoms with van der Waals surface area (Å²) in [6, 6.07) is 18.5. The van der Waals surface area contributed by atoms with Crippen LogP contribution in [0.25, 0.3) is 11.1 Å². The summed E-state index contributed by atoms with van der Waals surface area (Å²) < 4.78 is 0.962. The Morgan fingerprint density at radius 2 is 1.60 bits per heavy atom.